The summed E-state index contributed by atoms with van der Waals surface area (Å²) in [4.78, 5) is 4.07. The summed E-state index contributed by atoms with van der Waals surface area (Å²) in [6.07, 6.45) is 3.18. The fourth-order valence-corrected chi connectivity index (χ4v) is 1.84. The maximum absolute atomic E-state index is 13.2. The molecule has 0 aliphatic rings. The molecule has 6 heteroatoms. The van der Waals surface area contributed by atoms with E-state index in [1.54, 1.807) is 29.1 Å². The molecule has 3 rings (SSSR count). The number of halogens is 1. The summed E-state index contributed by atoms with van der Waals surface area (Å²) in [6, 6.07) is 6.18. The highest BCUT2D eigenvalue weighted by Gasteiger charge is 2.11. The van der Waals surface area contributed by atoms with Gasteiger partial charge in [0.15, 0.2) is 0 Å². The van der Waals surface area contributed by atoms with E-state index in [0.717, 1.165) is 11.3 Å². The summed E-state index contributed by atoms with van der Waals surface area (Å²) in [6.45, 7) is 0. The fourth-order valence-electron chi connectivity index (χ4n) is 1.84. The van der Waals surface area contributed by atoms with Gasteiger partial charge in [0.25, 0.3) is 5.78 Å². The zero-order valence-corrected chi connectivity index (χ0v) is 9.54. The van der Waals surface area contributed by atoms with Crippen molar-refractivity contribution in [2.75, 3.05) is 7.11 Å². The zero-order valence-electron chi connectivity index (χ0n) is 9.54. The molecule has 5 nitrogen and oxygen atoms in total. The number of nitrogens with zero attached hydrogens (tertiary/aromatic N) is 4. The molecule has 90 valence electrons. The van der Waals surface area contributed by atoms with Gasteiger partial charge in [-0.15, -0.1) is 10.2 Å². The predicted octanol–water partition coefficient (Wildman–Crippen LogP) is 1.94. The lowest BCUT2D eigenvalue weighted by Crippen LogP contribution is -1.96. The van der Waals surface area contributed by atoms with Gasteiger partial charge in [-0.05, 0) is 18.2 Å². The van der Waals surface area contributed by atoms with Gasteiger partial charge in [-0.2, -0.15) is 0 Å². The number of fused-ring (bicyclic) bond motifs is 1. The average molecular weight is 244 g/mol. The minimum Gasteiger partial charge on any atom is -0.496 e. The van der Waals surface area contributed by atoms with Gasteiger partial charge in [-0.3, -0.25) is 4.40 Å². The molecule has 0 aliphatic carbocycles. The number of ether oxygens (including phenoxy) is 1. The molecular formula is C12H9FN4O. The Bertz CT molecular complexity index is 710. The molecule has 0 atom stereocenters. The third kappa shape index (κ3) is 1.58. The van der Waals surface area contributed by atoms with Gasteiger partial charge >= 0.3 is 0 Å². The van der Waals surface area contributed by atoms with Crippen LogP contribution in [-0.4, -0.2) is 26.7 Å². The summed E-state index contributed by atoms with van der Waals surface area (Å²) in [5.41, 5.74) is 1.55. The van der Waals surface area contributed by atoms with Gasteiger partial charge in [0.2, 0.25) is 0 Å². The summed E-state index contributed by atoms with van der Waals surface area (Å²) in [7, 11) is 1.50. The van der Waals surface area contributed by atoms with Gasteiger partial charge in [0.1, 0.15) is 17.9 Å². The summed E-state index contributed by atoms with van der Waals surface area (Å²) >= 11 is 0. The van der Waals surface area contributed by atoms with E-state index in [2.05, 4.69) is 15.2 Å². The van der Waals surface area contributed by atoms with Crippen LogP contribution in [0.1, 0.15) is 0 Å². The molecule has 0 saturated heterocycles. The number of hydrogen-bond acceptors (Lipinski definition) is 4. The lowest BCUT2D eigenvalue weighted by molar-refractivity contribution is 0.413. The average Bonchev–Trinajstić information content (AvgIpc) is 2.86. The molecule has 0 bridgehead atoms. The van der Waals surface area contributed by atoms with Crippen molar-refractivity contribution in [3.05, 3.63) is 42.6 Å². The normalized spacial score (nSPS) is 10.8. The van der Waals surface area contributed by atoms with Gasteiger partial charge in [-0.25, -0.2) is 9.37 Å². The Morgan fingerprint density at radius 1 is 1.28 bits per heavy atom. The highest BCUT2D eigenvalue weighted by Crippen LogP contribution is 2.30. The Morgan fingerprint density at radius 2 is 2.17 bits per heavy atom. The van der Waals surface area contributed by atoms with Crippen LogP contribution in [0.3, 0.4) is 0 Å². The van der Waals surface area contributed by atoms with Gasteiger partial charge in [0, 0.05) is 17.8 Å². The molecule has 2 aromatic heterocycles. The van der Waals surface area contributed by atoms with Crippen molar-refractivity contribution in [2.45, 2.75) is 0 Å². The molecule has 2 heterocycles. The minimum atomic E-state index is -0.343. The highest BCUT2D eigenvalue weighted by atomic mass is 19.1. The molecule has 0 saturated carbocycles. The second kappa shape index (κ2) is 4.06. The molecule has 0 spiro atoms. The predicted molar refractivity (Wildman–Crippen MR) is 62.7 cm³/mol. The molecule has 0 fully saturated rings. The van der Waals surface area contributed by atoms with Crippen molar-refractivity contribution in [3.8, 4) is 17.0 Å². The molecule has 18 heavy (non-hydrogen) atoms. The minimum absolute atomic E-state index is 0.343. The lowest BCUT2D eigenvalue weighted by atomic mass is 10.1. The molecular weight excluding hydrogens is 235 g/mol. The van der Waals surface area contributed by atoms with E-state index in [1.807, 2.05) is 0 Å². The number of benzene rings is 1. The van der Waals surface area contributed by atoms with Gasteiger partial charge < -0.3 is 4.74 Å². The maximum Gasteiger partial charge on any atom is 0.255 e. The zero-order chi connectivity index (χ0) is 12.5. The second-order valence-electron chi connectivity index (χ2n) is 3.68. The van der Waals surface area contributed by atoms with Crippen molar-refractivity contribution in [2.24, 2.45) is 0 Å². The SMILES string of the molecule is COc1cc(F)ccc1-c1ccnc2nncn12. The standard InChI is InChI=1S/C12H9FN4O/c1-18-11-6-8(13)2-3-9(11)10-4-5-14-12-16-15-7-17(10)12/h2-7H,1H3. The molecule has 3 aromatic rings. The summed E-state index contributed by atoms with van der Waals surface area (Å²) in [5.74, 6) is 0.597. The Labute approximate surface area is 102 Å². The van der Waals surface area contributed by atoms with Gasteiger partial charge in [0.05, 0.1) is 12.8 Å². The van der Waals surface area contributed by atoms with Crippen LogP contribution < -0.4 is 4.74 Å². The van der Waals surface area contributed by atoms with Crippen molar-refractivity contribution in [1.29, 1.82) is 0 Å². The summed E-state index contributed by atoms with van der Waals surface area (Å²) < 4.78 is 20.1. The van der Waals surface area contributed by atoms with E-state index in [9.17, 15) is 4.39 Å². The fraction of sp³-hybridized carbons (Fsp3) is 0.0833. The monoisotopic (exact) mass is 244 g/mol. The summed E-state index contributed by atoms with van der Waals surface area (Å²) in [5, 5.41) is 7.66. The first kappa shape index (κ1) is 10.6. The molecule has 0 aliphatic heterocycles. The van der Waals surface area contributed by atoms with Crippen LogP contribution in [0.2, 0.25) is 0 Å². The number of rotatable bonds is 2. The number of hydrogen-bond donors (Lipinski definition) is 0. The smallest absolute Gasteiger partial charge is 0.255 e. The van der Waals surface area contributed by atoms with E-state index in [1.165, 1.54) is 19.2 Å². The van der Waals surface area contributed by atoms with Crippen molar-refractivity contribution < 1.29 is 9.13 Å². The van der Waals surface area contributed by atoms with Crippen LogP contribution in [0.5, 0.6) is 5.75 Å². The van der Waals surface area contributed by atoms with Crippen molar-refractivity contribution in [3.63, 3.8) is 0 Å². The van der Waals surface area contributed by atoms with E-state index >= 15 is 0 Å². The second-order valence-corrected chi connectivity index (χ2v) is 3.68. The largest absolute Gasteiger partial charge is 0.496 e. The Balaban J connectivity index is 2.29. The van der Waals surface area contributed by atoms with Gasteiger partial charge in [-0.1, -0.05) is 0 Å². The number of aromatic nitrogens is 4. The maximum atomic E-state index is 13.2. The van der Waals surface area contributed by atoms with Crippen LogP contribution in [0.25, 0.3) is 17.0 Å². The van der Waals surface area contributed by atoms with E-state index in [0.29, 0.717) is 11.5 Å². The van der Waals surface area contributed by atoms with Crippen LogP contribution in [-0.2, 0) is 0 Å². The highest BCUT2D eigenvalue weighted by molar-refractivity contribution is 5.68. The quantitative estimate of drug-likeness (QED) is 0.691. The van der Waals surface area contributed by atoms with Crippen LogP contribution in [0.15, 0.2) is 36.8 Å². The lowest BCUT2D eigenvalue weighted by Gasteiger charge is -2.09. The molecule has 0 amide bonds. The van der Waals surface area contributed by atoms with Crippen molar-refractivity contribution >= 4 is 5.78 Å². The van der Waals surface area contributed by atoms with E-state index < -0.39 is 0 Å². The first-order valence-electron chi connectivity index (χ1n) is 5.28. The topological polar surface area (TPSA) is 52.3 Å². The molecule has 1 aromatic carbocycles. The third-order valence-corrected chi connectivity index (χ3v) is 2.65. The molecule has 0 radical (unpaired) electrons. The first-order chi connectivity index (χ1) is 8.79. The van der Waals surface area contributed by atoms with E-state index in [-0.39, 0.29) is 5.82 Å². The number of methoxy groups -OCH3 is 1. The Hall–Kier alpha value is -2.50. The molecule has 0 unspecified atom stereocenters. The Kier molecular flexibility index (Phi) is 2.40. The first-order valence-corrected chi connectivity index (χ1v) is 5.28. The van der Waals surface area contributed by atoms with Crippen LogP contribution >= 0.6 is 0 Å². The van der Waals surface area contributed by atoms with Crippen LogP contribution in [0.4, 0.5) is 4.39 Å². The molecule has 0 N–H and O–H groups in total. The van der Waals surface area contributed by atoms with Crippen LogP contribution in [0, 0.1) is 5.82 Å². The third-order valence-electron chi connectivity index (χ3n) is 2.65. The Morgan fingerprint density at radius 3 is 3.00 bits per heavy atom. The van der Waals surface area contributed by atoms with E-state index in [4.69, 9.17) is 4.74 Å². The van der Waals surface area contributed by atoms with Crippen molar-refractivity contribution in [1.82, 2.24) is 19.6 Å².